The van der Waals surface area contributed by atoms with Crippen molar-refractivity contribution >= 4 is 5.91 Å². The Hall–Kier alpha value is -1.35. The molecule has 1 rings (SSSR count). The maximum absolute atomic E-state index is 11.5. The Balaban J connectivity index is 2.55. The summed E-state index contributed by atoms with van der Waals surface area (Å²) in [4.78, 5) is 11.5. The third-order valence-corrected chi connectivity index (χ3v) is 2.57. The van der Waals surface area contributed by atoms with Gasteiger partial charge in [-0.05, 0) is 31.5 Å². The molecule has 3 nitrogen and oxygen atoms in total. The second-order valence-electron chi connectivity index (χ2n) is 3.93. The van der Waals surface area contributed by atoms with E-state index in [9.17, 15) is 4.79 Å². The van der Waals surface area contributed by atoms with Crippen LogP contribution in [-0.4, -0.2) is 19.0 Å². The van der Waals surface area contributed by atoms with Crippen molar-refractivity contribution in [1.82, 2.24) is 10.6 Å². The SMILES string of the molecule is CCNCC(=O)NC(C)c1ccccc1C. The van der Waals surface area contributed by atoms with Crippen LogP contribution in [0.25, 0.3) is 0 Å². The van der Waals surface area contributed by atoms with E-state index in [4.69, 9.17) is 0 Å². The summed E-state index contributed by atoms with van der Waals surface area (Å²) in [6, 6.07) is 8.17. The van der Waals surface area contributed by atoms with Crippen molar-refractivity contribution in [2.45, 2.75) is 26.8 Å². The normalized spacial score (nSPS) is 12.2. The number of carbonyl (C=O) groups is 1. The first-order valence-corrected chi connectivity index (χ1v) is 5.70. The Bertz CT molecular complexity index is 350. The van der Waals surface area contributed by atoms with Gasteiger partial charge in [-0.3, -0.25) is 4.79 Å². The molecule has 1 amide bonds. The third-order valence-electron chi connectivity index (χ3n) is 2.57. The molecule has 1 unspecified atom stereocenters. The molecule has 3 heteroatoms. The first-order chi connectivity index (χ1) is 7.65. The predicted molar refractivity (Wildman–Crippen MR) is 66.3 cm³/mol. The molecule has 1 aromatic rings. The van der Waals surface area contributed by atoms with Crippen LogP contribution in [0.1, 0.15) is 31.0 Å². The molecule has 0 radical (unpaired) electrons. The van der Waals surface area contributed by atoms with Crippen molar-refractivity contribution in [3.63, 3.8) is 0 Å². The number of hydrogen-bond donors (Lipinski definition) is 2. The molecule has 16 heavy (non-hydrogen) atoms. The molecule has 88 valence electrons. The van der Waals surface area contributed by atoms with Gasteiger partial charge in [0.25, 0.3) is 0 Å². The van der Waals surface area contributed by atoms with Gasteiger partial charge >= 0.3 is 0 Å². The maximum Gasteiger partial charge on any atom is 0.234 e. The molecule has 1 atom stereocenters. The lowest BCUT2D eigenvalue weighted by molar-refractivity contribution is -0.120. The quantitative estimate of drug-likeness (QED) is 0.794. The zero-order valence-electron chi connectivity index (χ0n) is 10.2. The molecule has 0 aromatic heterocycles. The Morgan fingerprint density at radius 3 is 2.69 bits per heavy atom. The average molecular weight is 220 g/mol. The first kappa shape index (κ1) is 12.7. The van der Waals surface area contributed by atoms with Crippen molar-refractivity contribution in [3.8, 4) is 0 Å². The number of rotatable bonds is 5. The van der Waals surface area contributed by atoms with Crippen molar-refractivity contribution in [1.29, 1.82) is 0 Å². The van der Waals surface area contributed by atoms with Crippen LogP contribution in [0.5, 0.6) is 0 Å². The molecule has 0 heterocycles. The standard InChI is InChI=1S/C13H20N2O/c1-4-14-9-13(16)15-11(3)12-8-6-5-7-10(12)2/h5-8,11,14H,4,9H2,1-3H3,(H,15,16). The van der Waals surface area contributed by atoms with Gasteiger partial charge in [0.2, 0.25) is 5.91 Å². The number of amides is 1. The monoisotopic (exact) mass is 220 g/mol. The first-order valence-electron chi connectivity index (χ1n) is 5.70. The Morgan fingerprint density at radius 2 is 2.06 bits per heavy atom. The van der Waals surface area contributed by atoms with Crippen LogP contribution in [-0.2, 0) is 4.79 Å². The second kappa shape index (κ2) is 6.28. The Kier molecular flexibility index (Phi) is 4.99. The van der Waals surface area contributed by atoms with E-state index >= 15 is 0 Å². The summed E-state index contributed by atoms with van der Waals surface area (Å²) in [5, 5.41) is 5.98. The highest BCUT2D eigenvalue weighted by Gasteiger charge is 2.10. The summed E-state index contributed by atoms with van der Waals surface area (Å²) >= 11 is 0. The topological polar surface area (TPSA) is 41.1 Å². The molecule has 0 bridgehead atoms. The predicted octanol–water partition coefficient (Wildman–Crippen LogP) is 1.78. The number of carbonyl (C=O) groups excluding carboxylic acids is 1. The summed E-state index contributed by atoms with van der Waals surface area (Å²) in [6.07, 6.45) is 0. The van der Waals surface area contributed by atoms with E-state index in [1.807, 2.05) is 32.0 Å². The van der Waals surface area contributed by atoms with Crippen molar-refractivity contribution in [3.05, 3.63) is 35.4 Å². The fourth-order valence-corrected chi connectivity index (χ4v) is 1.68. The minimum Gasteiger partial charge on any atom is -0.348 e. The zero-order valence-corrected chi connectivity index (χ0v) is 10.2. The van der Waals surface area contributed by atoms with E-state index in [0.29, 0.717) is 6.54 Å². The van der Waals surface area contributed by atoms with E-state index in [2.05, 4.69) is 23.6 Å². The maximum atomic E-state index is 11.5. The zero-order chi connectivity index (χ0) is 12.0. The van der Waals surface area contributed by atoms with E-state index in [1.165, 1.54) is 11.1 Å². The van der Waals surface area contributed by atoms with Crippen LogP contribution in [0.15, 0.2) is 24.3 Å². The molecule has 0 fully saturated rings. The van der Waals surface area contributed by atoms with Crippen LogP contribution in [0, 0.1) is 6.92 Å². The molecule has 0 saturated carbocycles. The average Bonchev–Trinajstić information content (AvgIpc) is 2.26. The lowest BCUT2D eigenvalue weighted by Crippen LogP contribution is -2.35. The van der Waals surface area contributed by atoms with E-state index in [1.54, 1.807) is 0 Å². The molecule has 0 aliphatic rings. The highest BCUT2D eigenvalue weighted by molar-refractivity contribution is 5.78. The Labute approximate surface area is 97.2 Å². The van der Waals surface area contributed by atoms with Crippen LogP contribution < -0.4 is 10.6 Å². The molecule has 0 spiro atoms. The summed E-state index contributed by atoms with van der Waals surface area (Å²) in [5.41, 5.74) is 2.38. The number of benzene rings is 1. The lowest BCUT2D eigenvalue weighted by atomic mass is 10.0. The second-order valence-corrected chi connectivity index (χ2v) is 3.93. The fourth-order valence-electron chi connectivity index (χ4n) is 1.68. The van der Waals surface area contributed by atoms with Gasteiger partial charge in [0, 0.05) is 0 Å². The largest absolute Gasteiger partial charge is 0.348 e. The number of likely N-dealkylation sites (N-methyl/N-ethyl adjacent to an activating group) is 1. The van der Waals surface area contributed by atoms with Gasteiger partial charge in [-0.1, -0.05) is 31.2 Å². The van der Waals surface area contributed by atoms with Gasteiger partial charge in [0.1, 0.15) is 0 Å². The molecule has 2 N–H and O–H groups in total. The number of nitrogens with one attached hydrogen (secondary N) is 2. The molecule has 1 aromatic carbocycles. The Morgan fingerprint density at radius 1 is 1.38 bits per heavy atom. The number of hydrogen-bond acceptors (Lipinski definition) is 2. The van der Waals surface area contributed by atoms with Gasteiger partial charge in [-0.15, -0.1) is 0 Å². The van der Waals surface area contributed by atoms with Crippen molar-refractivity contribution in [2.24, 2.45) is 0 Å². The minimum atomic E-state index is 0.0394. The molecule has 0 saturated heterocycles. The van der Waals surface area contributed by atoms with Gasteiger partial charge in [0.05, 0.1) is 12.6 Å². The summed E-state index contributed by atoms with van der Waals surface area (Å²) in [6.45, 7) is 7.24. The highest BCUT2D eigenvalue weighted by atomic mass is 16.1. The number of aryl methyl sites for hydroxylation is 1. The summed E-state index contributed by atoms with van der Waals surface area (Å²) in [5.74, 6) is 0.0394. The van der Waals surface area contributed by atoms with Crippen LogP contribution in [0.3, 0.4) is 0 Å². The van der Waals surface area contributed by atoms with Crippen LogP contribution >= 0.6 is 0 Å². The molecule has 0 aliphatic heterocycles. The van der Waals surface area contributed by atoms with E-state index < -0.39 is 0 Å². The summed E-state index contributed by atoms with van der Waals surface area (Å²) in [7, 11) is 0. The lowest BCUT2D eigenvalue weighted by Gasteiger charge is -2.16. The van der Waals surface area contributed by atoms with E-state index in [-0.39, 0.29) is 11.9 Å². The van der Waals surface area contributed by atoms with Crippen molar-refractivity contribution in [2.75, 3.05) is 13.1 Å². The molecule has 0 aliphatic carbocycles. The van der Waals surface area contributed by atoms with Gasteiger partial charge in [-0.25, -0.2) is 0 Å². The smallest absolute Gasteiger partial charge is 0.234 e. The van der Waals surface area contributed by atoms with Gasteiger partial charge in [0.15, 0.2) is 0 Å². The third kappa shape index (κ3) is 3.66. The highest BCUT2D eigenvalue weighted by Crippen LogP contribution is 2.16. The summed E-state index contributed by atoms with van der Waals surface area (Å²) < 4.78 is 0. The fraction of sp³-hybridized carbons (Fsp3) is 0.462. The molecular formula is C13H20N2O. The van der Waals surface area contributed by atoms with Gasteiger partial charge < -0.3 is 10.6 Å². The van der Waals surface area contributed by atoms with Crippen LogP contribution in [0.2, 0.25) is 0 Å². The van der Waals surface area contributed by atoms with E-state index in [0.717, 1.165) is 6.54 Å². The van der Waals surface area contributed by atoms with Crippen molar-refractivity contribution < 1.29 is 4.79 Å². The van der Waals surface area contributed by atoms with Crippen LogP contribution in [0.4, 0.5) is 0 Å². The molecular weight excluding hydrogens is 200 g/mol. The minimum absolute atomic E-state index is 0.0394. The van der Waals surface area contributed by atoms with Gasteiger partial charge in [-0.2, -0.15) is 0 Å².